The summed E-state index contributed by atoms with van der Waals surface area (Å²) in [7, 11) is 0. The van der Waals surface area contributed by atoms with E-state index in [0.717, 1.165) is 0 Å². The highest BCUT2D eigenvalue weighted by Gasteiger charge is 1.93. The number of nitrogens with zero attached hydrogens (tertiary/aromatic N) is 2. The zero-order chi connectivity index (χ0) is 5.98. The fourth-order valence-electron chi connectivity index (χ4n) is 0.363. The zero-order valence-corrected chi connectivity index (χ0v) is 4.67. The predicted octanol–water partition coefficient (Wildman–Crippen LogP) is 1.09. The molecule has 4 heteroatoms. The van der Waals surface area contributed by atoms with E-state index in [4.69, 9.17) is 11.6 Å². The number of halogens is 1. The van der Waals surface area contributed by atoms with Crippen LogP contribution in [0, 0.1) is 0 Å². The van der Waals surface area contributed by atoms with E-state index in [1.54, 1.807) is 0 Å². The highest BCUT2D eigenvalue weighted by atomic mass is 35.5. The Kier molecular flexibility index (Phi) is 1.30. The maximum absolute atomic E-state index is 10.2. The third kappa shape index (κ3) is 0.869. The van der Waals surface area contributed by atoms with Crippen LogP contribution in [0.2, 0.25) is 0 Å². The van der Waals surface area contributed by atoms with Crippen LogP contribution in [0.25, 0.3) is 0 Å². The number of carbonyl (C=O) groups excluding carboxylic acids is 1. The molecule has 42 valence electrons. The molecule has 0 fully saturated rings. The van der Waals surface area contributed by atoms with E-state index in [1.165, 1.54) is 23.3 Å². The van der Waals surface area contributed by atoms with Crippen LogP contribution >= 0.6 is 11.6 Å². The van der Waals surface area contributed by atoms with Gasteiger partial charge in [0.05, 0.1) is 0 Å². The molecule has 0 N–H and O–H groups in total. The lowest BCUT2D eigenvalue weighted by Crippen LogP contribution is -1.95. The fourth-order valence-corrected chi connectivity index (χ4v) is 0.463. The van der Waals surface area contributed by atoms with Gasteiger partial charge in [-0.3, -0.25) is 9.36 Å². The van der Waals surface area contributed by atoms with Gasteiger partial charge in [-0.15, -0.1) is 0 Å². The SMILES string of the molecule is O=C(Cl)n1ccnc1. The van der Waals surface area contributed by atoms with Crippen molar-refractivity contribution in [1.82, 2.24) is 9.55 Å². The first kappa shape index (κ1) is 5.31. The molecule has 0 unspecified atom stereocenters. The Morgan fingerprint density at radius 1 is 1.75 bits per heavy atom. The maximum atomic E-state index is 10.2. The van der Waals surface area contributed by atoms with E-state index in [9.17, 15) is 4.79 Å². The van der Waals surface area contributed by atoms with Gasteiger partial charge in [-0.1, -0.05) is 0 Å². The van der Waals surface area contributed by atoms with Gasteiger partial charge in [-0.2, -0.15) is 0 Å². The minimum atomic E-state index is -0.539. The Bertz CT molecular complexity index is 182. The Morgan fingerprint density at radius 3 is 2.75 bits per heavy atom. The van der Waals surface area contributed by atoms with Gasteiger partial charge in [0.15, 0.2) is 0 Å². The molecule has 0 saturated heterocycles. The van der Waals surface area contributed by atoms with Crippen molar-refractivity contribution in [3.63, 3.8) is 0 Å². The molecule has 0 saturated carbocycles. The molecule has 0 spiro atoms. The molecule has 0 bridgehead atoms. The normalized spacial score (nSPS) is 9.12. The van der Waals surface area contributed by atoms with E-state index >= 15 is 0 Å². The van der Waals surface area contributed by atoms with E-state index < -0.39 is 5.37 Å². The molecule has 0 aliphatic heterocycles. The smallest absolute Gasteiger partial charge is 0.263 e. The molecule has 1 rings (SSSR count). The highest BCUT2D eigenvalue weighted by Crippen LogP contribution is 1.89. The lowest BCUT2D eigenvalue weighted by Gasteiger charge is -1.84. The first-order valence-corrected chi connectivity index (χ1v) is 2.36. The Morgan fingerprint density at radius 2 is 2.50 bits per heavy atom. The summed E-state index contributed by atoms with van der Waals surface area (Å²) in [5.41, 5.74) is 0. The molecule has 8 heavy (non-hydrogen) atoms. The molecular weight excluding hydrogens is 128 g/mol. The van der Waals surface area contributed by atoms with Gasteiger partial charge in [-0.05, 0) is 11.6 Å². The van der Waals surface area contributed by atoms with Crippen LogP contribution in [0.1, 0.15) is 0 Å². The van der Waals surface area contributed by atoms with Crippen LogP contribution in [-0.4, -0.2) is 14.9 Å². The van der Waals surface area contributed by atoms with Gasteiger partial charge in [-0.25, -0.2) is 4.98 Å². The Hall–Kier alpha value is -0.830. The Balaban J connectivity index is 2.93. The highest BCUT2D eigenvalue weighted by molar-refractivity contribution is 6.63. The largest absolute Gasteiger partial charge is 0.325 e. The van der Waals surface area contributed by atoms with Crippen molar-refractivity contribution >= 4 is 17.0 Å². The zero-order valence-electron chi connectivity index (χ0n) is 3.91. The van der Waals surface area contributed by atoms with Crippen molar-refractivity contribution in [2.45, 2.75) is 0 Å². The lowest BCUT2D eigenvalue weighted by molar-refractivity contribution is 0.261. The summed E-state index contributed by atoms with van der Waals surface area (Å²) < 4.78 is 1.18. The van der Waals surface area contributed by atoms with Gasteiger partial charge in [0.2, 0.25) is 0 Å². The molecule has 3 nitrogen and oxygen atoms in total. The van der Waals surface area contributed by atoms with Gasteiger partial charge in [0.25, 0.3) is 0 Å². The van der Waals surface area contributed by atoms with Gasteiger partial charge < -0.3 is 0 Å². The maximum Gasteiger partial charge on any atom is 0.325 e. The molecule has 0 radical (unpaired) electrons. The van der Waals surface area contributed by atoms with E-state index in [0.29, 0.717) is 0 Å². The van der Waals surface area contributed by atoms with Crippen LogP contribution in [0.3, 0.4) is 0 Å². The average Bonchev–Trinajstić information content (AvgIpc) is 2.12. The lowest BCUT2D eigenvalue weighted by atomic mass is 10.9. The van der Waals surface area contributed by atoms with Gasteiger partial charge >= 0.3 is 5.37 Å². The summed E-state index contributed by atoms with van der Waals surface area (Å²) in [6.45, 7) is 0. The van der Waals surface area contributed by atoms with E-state index in [1.807, 2.05) is 0 Å². The van der Waals surface area contributed by atoms with Crippen molar-refractivity contribution in [2.75, 3.05) is 0 Å². The van der Waals surface area contributed by atoms with Crippen molar-refractivity contribution < 1.29 is 4.79 Å². The quantitative estimate of drug-likeness (QED) is 0.493. The van der Waals surface area contributed by atoms with Crippen LogP contribution in [0.4, 0.5) is 4.79 Å². The van der Waals surface area contributed by atoms with Crippen molar-refractivity contribution in [2.24, 2.45) is 0 Å². The number of imidazole rings is 1. The number of aromatic nitrogens is 2. The molecule has 0 atom stereocenters. The summed E-state index contributed by atoms with van der Waals surface area (Å²) in [5, 5.41) is -0.539. The minimum Gasteiger partial charge on any atom is -0.263 e. The number of rotatable bonds is 0. The monoisotopic (exact) mass is 130 g/mol. The van der Waals surface area contributed by atoms with Crippen molar-refractivity contribution in [3.8, 4) is 0 Å². The second-order valence-corrected chi connectivity index (χ2v) is 1.55. The average molecular weight is 131 g/mol. The summed E-state index contributed by atoms with van der Waals surface area (Å²) in [4.78, 5) is 13.8. The summed E-state index contributed by atoms with van der Waals surface area (Å²) in [5.74, 6) is 0. The van der Waals surface area contributed by atoms with Gasteiger partial charge in [0.1, 0.15) is 6.33 Å². The molecule has 1 aromatic heterocycles. The van der Waals surface area contributed by atoms with E-state index in [2.05, 4.69) is 4.98 Å². The summed E-state index contributed by atoms with van der Waals surface area (Å²) >= 11 is 5.03. The first-order chi connectivity index (χ1) is 3.80. The topological polar surface area (TPSA) is 34.9 Å². The molecule has 0 aliphatic carbocycles. The molecule has 0 aromatic carbocycles. The summed E-state index contributed by atoms with van der Waals surface area (Å²) in [6, 6.07) is 0. The first-order valence-electron chi connectivity index (χ1n) is 1.98. The predicted molar refractivity (Wildman–Crippen MR) is 28.9 cm³/mol. The molecule has 0 aliphatic rings. The minimum absolute atomic E-state index is 0.539. The van der Waals surface area contributed by atoms with Gasteiger partial charge in [0, 0.05) is 12.4 Å². The van der Waals surface area contributed by atoms with Crippen LogP contribution in [0.5, 0.6) is 0 Å². The van der Waals surface area contributed by atoms with E-state index in [-0.39, 0.29) is 0 Å². The molecule has 0 amide bonds. The van der Waals surface area contributed by atoms with Crippen molar-refractivity contribution in [1.29, 1.82) is 0 Å². The summed E-state index contributed by atoms with van der Waals surface area (Å²) in [6.07, 6.45) is 4.31. The Labute approximate surface area is 50.9 Å². The number of hydrogen-bond donors (Lipinski definition) is 0. The number of carbonyl (C=O) groups is 1. The molecule has 1 heterocycles. The second kappa shape index (κ2) is 1.96. The van der Waals surface area contributed by atoms with Crippen LogP contribution in [0.15, 0.2) is 18.7 Å². The standard InChI is InChI=1S/C4H3ClN2O/c5-4(8)7-2-1-6-3-7/h1-3H. The van der Waals surface area contributed by atoms with Crippen LogP contribution in [-0.2, 0) is 0 Å². The third-order valence-corrected chi connectivity index (χ3v) is 0.903. The fraction of sp³-hybridized carbons (Fsp3) is 0. The molecule has 1 aromatic rings. The number of hydrogen-bond acceptors (Lipinski definition) is 2. The van der Waals surface area contributed by atoms with Crippen molar-refractivity contribution in [3.05, 3.63) is 18.7 Å². The van der Waals surface area contributed by atoms with Crippen LogP contribution < -0.4 is 0 Å². The molecular formula is C4H3ClN2O. The third-order valence-electron chi connectivity index (χ3n) is 0.707. The second-order valence-electron chi connectivity index (χ2n) is 1.22.